The fourth-order valence-electron chi connectivity index (χ4n) is 2.81. The summed E-state index contributed by atoms with van der Waals surface area (Å²) < 4.78 is 2.15. The number of aromatic nitrogens is 2. The Morgan fingerprint density at radius 1 is 1.39 bits per heavy atom. The van der Waals surface area contributed by atoms with E-state index in [2.05, 4.69) is 22.6 Å². The van der Waals surface area contributed by atoms with E-state index in [0.717, 1.165) is 37.4 Å². The number of benzene rings is 1. The highest BCUT2D eigenvalue weighted by Crippen LogP contribution is 2.25. The van der Waals surface area contributed by atoms with Gasteiger partial charge < -0.3 is 14.6 Å². The monoisotopic (exact) mass is 245 g/mol. The molecule has 1 atom stereocenters. The number of aryl methyl sites for hydroxylation is 1. The molecule has 1 unspecified atom stereocenters. The van der Waals surface area contributed by atoms with E-state index < -0.39 is 0 Å². The molecule has 0 bridgehead atoms. The molecule has 0 saturated carbocycles. The van der Waals surface area contributed by atoms with Crippen molar-refractivity contribution in [3.63, 3.8) is 0 Å². The second-order valence-electron chi connectivity index (χ2n) is 5.10. The molecule has 96 valence electrons. The Hall–Kier alpha value is -1.55. The van der Waals surface area contributed by atoms with E-state index in [9.17, 15) is 5.11 Å². The zero-order chi connectivity index (χ0) is 12.5. The molecule has 2 heterocycles. The predicted octanol–water partition coefficient (Wildman–Crippen LogP) is 1.78. The van der Waals surface area contributed by atoms with Crippen LogP contribution in [-0.4, -0.2) is 34.4 Å². The van der Waals surface area contributed by atoms with Crippen molar-refractivity contribution in [3.8, 4) is 0 Å². The summed E-state index contributed by atoms with van der Waals surface area (Å²) in [4.78, 5) is 7.01. The van der Waals surface area contributed by atoms with Crippen LogP contribution in [0, 0.1) is 5.92 Å². The molecular formula is C14H19N3O. The van der Waals surface area contributed by atoms with E-state index in [-0.39, 0.29) is 6.61 Å². The van der Waals surface area contributed by atoms with Gasteiger partial charge in [0.25, 0.3) is 0 Å². The summed E-state index contributed by atoms with van der Waals surface area (Å²) >= 11 is 0. The first kappa shape index (κ1) is 11.5. The highest BCUT2D eigenvalue weighted by atomic mass is 16.3. The minimum atomic E-state index is 0.278. The minimum Gasteiger partial charge on any atom is -0.396 e. The van der Waals surface area contributed by atoms with Crippen LogP contribution in [0.25, 0.3) is 11.0 Å². The standard InChI is InChI=1S/C14H19N3O/c1-16-13-7-3-2-6-12(13)15-14(16)17-8-4-5-11(9-17)10-18/h2-3,6-7,11,18H,4-5,8-10H2,1H3. The Morgan fingerprint density at radius 3 is 3.00 bits per heavy atom. The average Bonchev–Trinajstić information content (AvgIpc) is 2.77. The summed E-state index contributed by atoms with van der Waals surface area (Å²) in [7, 11) is 2.06. The van der Waals surface area contributed by atoms with Gasteiger partial charge in [-0.15, -0.1) is 0 Å². The van der Waals surface area contributed by atoms with Crippen LogP contribution >= 0.6 is 0 Å². The molecule has 18 heavy (non-hydrogen) atoms. The number of hydrogen-bond acceptors (Lipinski definition) is 3. The lowest BCUT2D eigenvalue weighted by molar-refractivity contribution is 0.208. The molecule has 3 rings (SSSR count). The van der Waals surface area contributed by atoms with Crippen molar-refractivity contribution in [1.82, 2.24) is 9.55 Å². The summed E-state index contributed by atoms with van der Waals surface area (Å²) in [5.74, 6) is 1.41. The van der Waals surface area contributed by atoms with Gasteiger partial charge in [-0.3, -0.25) is 0 Å². The van der Waals surface area contributed by atoms with Crippen molar-refractivity contribution >= 4 is 17.0 Å². The Labute approximate surface area is 107 Å². The normalized spacial score (nSPS) is 20.6. The molecule has 1 N–H and O–H groups in total. The Balaban J connectivity index is 1.96. The van der Waals surface area contributed by atoms with E-state index >= 15 is 0 Å². The molecule has 0 radical (unpaired) electrons. The Morgan fingerprint density at radius 2 is 2.22 bits per heavy atom. The fraction of sp³-hybridized carbons (Fsp3) is 0.500. The predicted molar refractivity (Wildman–Crippen MR) is 72.7 cm³/mol. The van der Waals surface area contributed by atoms with E-state index in [0.29, 0.717) is 5.92 Å². The van der Waals surface area contributed by atoms with Crippen molar-refractivity contribution < 1.29 is 5.11 Å². The van der Waals surface area contributed by atoms with E-state index in [1.807, 2.05) is 18.2 Å². The van der Waals surface area contributed by atoms with Crippen molar-refractivity contribution in [2.24, 2.45) is 13.0 Å². The van der Waals surface area contributed by atoms with Crippen molar-refractivity contribution in [3.05, 3.63) is 24.3 Å². The molecule has 1 saturated heterocycles. The van der Waals surface area contributed by atoms with Gasteiger partial charge >= 0.3 is 0 Å². The van der Waals surface area contributed by atoms with Gasteiger partial charge in [0.2, 0.25) is 5.95 Å². The minimum absolute atomic E-state index is 0.278. The summed E-state index contributed by atoms with van der Waals surface area (Å²) in [6.07, 6.45) is 2.26. The smallest absolute Gasteiger partial charge is 0.206 e. The van der Waals surface area contributed by atoms with E-state index in [1.165, 1.54) is 5.52 Å². The maximum Gasteiger partial charge on any atom is 0.206 e. The number of fused-ring (bicyclic) bond motifs is 1. The highest BCUT2D eigenvalue weighted by molar-refractivity contribution is 5.78. The van der Waals surface area contributed by atoms with Crippen LogP contribution in [-0.2, 0) is 7.05 Å². The van der Waals surface area contributed by atoms with Crippen LogP contribution in [0.15, 0.2) is 24.3 Å². The molecule has 1 fully saturated rings. The van der Waals surface area contributed by atoms with Crippen molar-refractivity contribution in [2.45, 2.75) is 12.8 Å². The van der Waals surface area contributed by atoms with Crippen LogP contribution in [0.4, 0.5) is 5.95 Å². The summed E-state index contributed by atoms with van der Waals surface area (Å²) in [6.45, 7) is 2.22. The summed E-state index contributed by atoms with van der Waals surface area (Å²) in [6, 6.07) is 8.21. The molecule has 1 aromatic heterocycles. The first-order valence-electron chi connectivity index (χ1n) is 6.57. The van der Waals surface area contributed by atoms with Gasteiger partial charge in [0.15, 0.2) is 0 Å². The first-order chi connectivity index (χ1) is 8.79. The lowest BCUT2D eigenvalue weighted by atomic mass is 9.99. The summed E-state index contributed by atoms with van der Waals surface area (Å²) in [5.41, 5.74) is 2.21. The molecule has 0 aliphatic carbocycles. The van der Waals surface area contributed by atoms with Gasteiger partial charge in [0.05, 0.1) is 11.0 Å². The molecule has 1 aliphatic rings. The molecule has 4 heteroatoms. The van der Waals surface area contributed by atoms with Crippen LogP contribution in [0.5, 0.6) is 0 Å². The van der Waals surface area contributed by atoms with Crippen LogP contribution in [0.3, 0.4) is 0 Å². The van der Waals surface area contributed by atoms with Gasteiger partial charge in [-0.1, -0.05) is 12.1 Å². The van der Waals surface area contributed by atoms with Crippen LogP contribution in [0.2, 0.25) is 0 Å². The topological polar surface area (TPSA) is 41.3 Å². The molecule has 0 spiro atoms. The van der Waals surface area contributed by atoms with Gasteiger partial charge in [0, 0.05) is 26.7 Å². The second kappa shape index (κ2) is 4.61. The SMILES string of the molecule is Cn1c(N2CCCC(CO)C2)nc2ccccc21. The number of anilines is 1. The zero-order valence-corrected chi connectivity index (χ0v) is 10.7. The number of aliphatic hydroxyl groups excluding tert-OH is 1. The largest absolute Gasteiger partial charge is 0.396 e. The van der Waals surface area contributed by atoms with Crippen molar-refractivity contribution in [1.29, 1.82) is 0 Å². The molecule has 1 aliphatic heterocycles. The van der Waals surface area contributed by atoms with Crippen LogP contribution < -0.4 is 4.90 Å². The van der Waals surface area contributed by atoms with Crippen molar-refractivity contribution in [2.75, 3.05) is 24.6 Å². The molecule has 4 nitrogen and oxygen atoms in total. The number of nitrogens with zero attached hydrogens (tertiary/aromatic N) is 3. The van der Waals surface area contributed by atoms with Gasteiger partial charge in [-0.2, -0.15) is 0 Å². The third-order valence-corrected chi connectivity index (χ3v) is 3.82. The maximum absolute atomic E-state index is 9.31. The number of para-hydroxylation sites is 2. The Kier molecular flexibility index (Phi) is 2.96. The van der Waals surface area contributed by atoms with Gasteiger partial charge in [-0.05, 0) is 30.9 Å². The average molecular weight is 245 g/mol. The van der Waals surface area contributed by atoms with Gasteiger partial charge in [-0.25, -0.2) is 4.98 Å². The number of rotatable bonds is 2. The lowest BCUT2D eigenvalue weighted by Gasteiger charge is -2.32. The Bertz CT molecular complexity index is 549. The first-order valence-corrected chi connectivity index (χ1v) is 6.57. The maximum atomic E-state index is 9.31. The third-order valence-electron chi connectivity index (χ3n) is 3.82. The number of hydrogen-bond donors (Lipinski definition) is 1. The lowest BCUT2D eigenvalue weighted by Crippen LogP contribution is -2.38. The quantitative estimate of drug-likeness (QED) is 0.877. The molecule has 1 aromatic carbocycles. The number of piperidine rings is 1. The molecular weight excluding hydrogens is 226 g/mol. The van der Waals surface area contributed by atoms with Crippen LogP contribution in [0.1, 0.15) is 12.8 Å². The second-order valence-corrected chi connectivity index (χ2v) is 5.10. The fourth-order valence-corrected chi connectivity index (χ4v) is 2.81. The zero-order valence-electron chi connectivity index (χ0n) is 10.7. The molecule has 2 aromatic rings. The number of imidazole rings is 1. The number of aliphatic hydroxyl groups is 1. The van der Waals surface area contributed by atoms with E-state index in [1.54, 1.807) is 0 Å². The summed E-state index contributed by atoms with van der Waals surface area (Å²) in [5, 5.41) is 9.31. The molecule has 0 amide bonds. The third kappa shape index (κ3) is 1.86. The highest BCUT2D eigenvalue weighted by Gasteiger charge is 2.22. The van der Waals surface area contributed by atoms with E-state index in [4.69, 9.17) is 4.98 Å². The van der Waals surface area contributed by atoms with Gasteiger partial charge in [0.1, 0.15) is 0 Å².